The van der Waals surface area contributed by atoms with E-state index in [-0.39, 0.29) is 5.97 Å². The monoisotopic (exact) mass is 405 g/mol. The predicted octanol–water partition coefficient (Wildman–Crippen LogP) is 3.27. The highest BCUT2D eigenvalue weighted by Crippen LogP contribution is 2.57. The molecule has 108 valence electrons. The fourth-order valence-corrected chi connectivity index (χ4v) is 5.99. The van der Waals surface area contributed by atoms with Crippen LogP contribution in [-0.4, -0.2) is 34.5 Å². The number of nitrogens with zero attached hydrogens (tertiary/aromatic N) is 1. The van der Waals surface area contributed by atoms with Crippen LogP contribution in [0.2, 0.25) is 0 Å². The number of benzene rings is 1. The Bertz CT molecular complexity index is 547. The van der Waals surface area contributed by atoms with Crippen molar-refractivity contribution in [2.24, 2.45) is 0 Å². The molecule has 0 saturated heterocycles. The molecule has 1 aromatic carbocycles. The lowest BCUT2D eigenvalue weighted by molar-refractivity contribution is -0.145. The molecule has 20 heavy (non-hydrogen) atoms. The Morgan fingerprint density at radius 2 is 2.15 bits per heavy atom. The molecule has 6 heteroatoms. The first-order valence-electron chi connectivity index (χ1n) is 6.32. The van der Waals surface area contributed by atoms with Crippen LogP contribution >= 0.6 is 29.9 Å². The number of carbonyl (C=O) groups excluding carboxylic acids is 1. The summed E-state index contributed by atoms with van der Waals surface area (Å²) in [4.78, 5) is 12.1. The summed E-state index contributed by atoms with van der Waals surface area (Å²) in [5.41, 5.74) is 1.04. The van der Waals surface area contributed by atoms with Crippen molar-refractivity contribution >= 4 is 35.9 Å². The van der Waals surface area contributed by atoms with E-state index >= 15 is 0 Å². The predicted molar refractivity (Wildman–Crippen MR) is 88.3 cm³/mol. The summed E-state index contributed by atoms with van der Waals surface area (Å²) in [6.45, 7) is 0.535. The highest BCUT2D eigenvalue weighted by Gasteiger charge is 2.39. The molecule has 4 nitrogen and oxygen atoms in total. The van der Waals surface area contributed by atoms with Crippen molar-refractivity contribution < 1.29 is 14.1 Å². The number of carbonyl (C=O) groups is 1. The van der Waals surface area contributed by atoms with Crippen LogP contribution in [0, 0.1) is 0 Å². The van der Waals surface area contributed by atoms with Gasteiger partial charge in [-0.05, 0) is 17.8 Å². The second-order valence-electron chi connectivity index (χ2n) is 4.61. The van der Waals surface area contributed by atoms with Gasteiger partial charge in [-0.25, -0.2) is 4.67 Å². The van der Waals surface area contributed by atoms with Crippen LogP contribution in [0.15, 0.2) is 42.2 Å². The Balaban J connectivity index is 2.25. The zero-order valence-corrected chi connectivity index (χ0v) is 14.3. The van der Waals surface area contributed by atoms with Gasteiger partial charge in [0.25, 0.3) is 0 Å². The fraction of sp³-hybridized carbons (Fsp3) is 0.357. The third kappa shape index (κ3) is 3.32. The molecule has 2 unspecified atom stereocenters. The maximum atomic E-state index is 12.8. The average Bonchev–Trinajstić information content (AvgIpc) is 2.87. The van der Waals surface area contributed by atoms with Gasteiger partial charge in [0.2, 0.25) is 0 Å². The minimum Gasteiger partial charge on any atom is -0.468 e. The lowest BCUT2D eigenvalue weighted by Gasteiger charge is -2.30. The lowest BCUT2D eigenvalue weighted by atomic mass is 10.1. The van der Waals surface area contributed by atoms with Gasteiger partial charge < -0.3 is 9.30 Å². The van der Waals surface area contributed by atoms with E-state index in [1.807, 2.05) is 36.4 Å². The van der Waals surface area contributed by atoms with Gasteiger partial charge in [-0.2, -0.15) is 0 Å². The number of hydrogen-bond donors (Lipinski definition) is 0. The van der Waals surface area contributed by atoms with Crippen molar-refractivity contribution in [3.05, 3.63) is 47.8 Å². The average molecular weight is 405 g/mol. The number of rotatable bonds is 5. The molecular formula is C14H17INO3P. The van der Waals surface area contributed by atoms with Crippen LogP contribution in [0.25, 0.3) is 0 Å². The van der Waals surface area contributed by atoms with Gasteiger partial charge in [0.05, 0.1) is 11.3 Å². The SMILES string of the molecule is COC(=O)C(Cc1ccccc1)N1CC=CP1(=O)CI. The van der Waals surface area contributed by atoms with Crippen molar-refractivity contribution in [2.45, 2.75) is 12.5 Å². The summed E-state index contributed by atoms with van der Waals surface area (Å²) < 4.78 is 20.0. The molecule has 2 atom stereocenters. The van der Waals surface area contributed by atoms with Gasteiger partial charge in [-0.1, -0.05) is 59.0 Å². The van der Waals surface area contributed by atoms with E-state index in [0.717, 1.165) is 5.56 Å². The van der Waals surface area contributed by atoms with E-state index in [0.29, 0.717) is 17.1 Å². The van der Waals surface area contributed by atoms with Gasteiger partial charge in [0.15, 0.2) is 7.29 Å². The molecule has 0 aromatic heterocycles. The zero-order chi connectivity index (χ0) is 14.6. The van der Waals surface area contributed by atoms with E-state index in [1.165, 1.54) is 7.11 Å². The van der Waals surface area contributed by atoms with Crippen molar-refractivity contribution in [1.29, 1.82) is 0 Å². The Morgan fingerprint density at radius 1 is 1.45 bits per heavy atom. The summed E-state index contributed by atoms with van der Waals surface area (Å²) >= 11 is 2.11. The molecule has 0 aliphatic carbocycles. The van der Waals surface area contributed by atoms with Crippen molar-refractivity contribution in [1.82, 2.24) is 4.67 Å². The Labute approximate surface area is 132 Å². The third-order valence-corrected chi connectivity index (χ3v) is 8.61. The van der Waals surface area contributed by atoms with Gasteiger partial charge in [0, 0.05) is 6.54 Å². The quantitative estimate of drug-likeness (QED) is 0.327. The molecule has 1 aliphatic rings. The molecule has 1 aromatic rings. The number of alkyl halides is 1. The molecular weight excluding hydrogens is 388 g/mol. The number of halogens is 1. The normalized spacial score (nSPS) is 23.7. The highest BCUT2D eigenvalue weighted by atomic mass is 127. The maximum Gasteiger partial charge on any atom is 0.323 e. The molecule has 0 N–H and O–H groups in total. The number of ether oxygens (including phenoxy) is 1. The second kappa shape index (κ2) is 6.87. The molecule has 0 bridgehead atoms. The standard InChI is InChI=1S/C14H17INO3P/c1-19-14(17)13(10-12-6-3-2-4-7-12)16-8-5-9-20(16,18)11-15/h2-7,9,13H,8,10-11H2,1H3. The van der Waals surface area contributed by atoms with E-state index in [9.17, 15) is 9.36 Å². The lowest BCUT2D eigenvalue weighted by Crippen LogP contribution is -2.40. The molecule has 1 aliphatic heterocycles. The minimum absolute atomic E-state index is 0.331. The highest BCUT2D eigenvalue weighted by molar-refractivity contribution is 14.1. The Morgan fingerprint density at radius 3 is 2.75 bits per heavy atom. The van der Waals surface area contributed by atoms with Crippen molar-refractivity contribution in [2.75, 3.05) is 17.8 Å². The zero-order valence-electron chi connectivity index (χ0n) is 11.2. The van der Waals surface area contributed by atoms with Gasteiger partial charge in [0.1, 0.15) is 6.04 Å². The first kappa shape index (κ1) is 15.7. The smallest absolute Gasteiger partial charge is 0.323 e. The van der Waals surface area contributed by atoms with E-state index < -0.39 is 13.3 Å². The number of hydrogen-bond acceptors (Lipinski definition) is 3. The Hall–Kier alpha value is -0.650. The Kier molecular flexibility index (Phi) is 5.41. The molecule has 1 heterocycles. The molecule has 2 rings (SSSR count). The van der Waals surface area contributed by atoms with Crippen molar-refractivity contribution in [3.63, 3.8) is 0 Å². The maximum absolute atomic E-state index is 12.8. The van der Waals surface area contributed by atoms with Crippen LogP contribution in [0.3, 0.4) is 0 Å². The van der Waals surface area contributed by atoms with Crippen molar-refractivity contribution in [3.8, 4) is 0 Å². The van der Waals surface area contributed by atoms with Gasteiger partial charge >= 0.3 is 5.97 Å². The number of esters is 1. The summed E-state index contributed by atoms with van der Waals surface area (Å²) in [5.74, 6) is 1.42. The van der Waals surface area contributed by atoms with Gasteiger partial charge in [-0.15, -0.1) is 0 Å². The second-order valence-corrected chi connectivity index (χ2v) is 9.22. The molecule has 0 amide bonds. The molecule has 0 saturated carbocycles. The van der Waals surface area contributed by atoms with Crippen LogP contribution in [0.1, 0.15) is 5.56 Å². The van der Waals surface area contributed by atoms with E-state index in [4.69, 9.17) is 4.74 Å². The minimum atomic E-state index is -2.58. The fourth-order valence-electron chi connectivity index (χ4n) is 2.30. The van der Waals surface area contributed by atoms with Crippen LogP contribution in [-0.2, 0) is 20.5 Å². The molecule has 0 fully saturated rings. The topological polar surface area (TPSA) is 46.6 Å². The third-order valence-electron chi connectivity index (χ3n) is 3.34. The van der Waals surface area contributed by atoms with E-state index in [2.05, 4.69) is 22.6 Å². The van der Waals surface area contributed by atoms with Crippen LogP contribution < -0.4 is 0 Å². The summed E-state index contributed by atoms with van der Waals surface area (Å²) in [7, 11) is -1.21. The van der Waals surface area contributed by atoms with E-state index in [1.54, 1.807) is 10.5 Å². The van der Waals surface area contributed by atoms with Crippen LogP contribution in [0.4, 0.5) is 0 Å². The summed E-state index contributed by atoms with van der Waals surface area (Å²) in [6.07, 6.45) is 2.39. The molecule has 0 spiro atoms. The summed E-state index contributed by atoms with van der Waals surface area (Å²) in [5, 5.41) is 0. The number of methoxy groups -OCH3 is 1. The van der Waals surface area contributed by atoms with Crippen LogP contribution in [0.5, 0.6) is 0 Å². The summed E-state index contributed by atoms with van der Waals surface area (Å²) in [6, 6.07) is 9.23. The first-order valence-corrected chi connectivity index (χ1v) is 9.76. The largest absolute Gasteiger partial charge is 0.468 e. The first-order chi connectivity index (χ1) is 9.60. The van der Waals surface area contributed by atoms with Gasteiger partial charge in [-0.3, -0.25) is 4.79 Å². The molecule has 0 radical (unpaired) electrons.